The first-order valence-corrected chi connectivity index (χ1v) is 7.47. The van der Waals surface area contributed by atoms with Crippen LogP contribution in [0.4, 0.5) is 0 Å². The minimum Gasteiger partial charge on any atom is -0.340 e. The van der Waals surface area contributed by atoms with Crippen LogP contribution in [-0.4, -0.2) is 28.5 Å². The first-order chi connectivity index (χ1) is 8.51. The number of nitrogens with zero attached hydrogens (tertiary/aromatic N) is 2. The molecule has 0 aliphatic rings. The van der Waals surface area contributed by atoms with Crippen LogP contribution in [0.3, 0.4) is 0 Å². The van der Waals surface area contributed by atoms with Crippen molar-refractivity contribution in [1.29, 1.82) is 0 Å². The molecule has 0 radical (unpaired) electrons. The zero-order chi connectivity index (χ0) is 13.7. The molecule has 0 saturated heterocycles. The molecule has 1 rings (SSSR count). The van der Waals surface area contributed by atoms with Crippen LogP contribution in [0.15, 0.2) is 16.7 Å². The average molecular weight is 315 g/mol. The van der Waals surface area contributed by atoms with Crippen molar-refractivity contribution >= 4 is 21.8 Å². The van der Waals surface area contributed by atoms with Crippen LogP contribution < -0.4 is 0 Å². The monoisotopic (exact) mass is 314 g/mol. The highest BCUT2D eigenvalue weighted by atomic mass is 79.9. The Bertz CT molecular complexity index is 398. The van der Waals surface area contributed by atoms with Gasteiger partial charge in [-0.25, -0.2) is 0 Å². The van der Waals surface area contributed by atoms with E-state index in [1.54, 1.807) is 0 Å². The molecule has 102 valence electrons. The lowest BCUT2D eigenvalue weighted by Crippen LogP contribution is -2.33. The van der Waals surface area contributed by atoms with E-state index in [1.807, 2.05) is 28.7 Å². The fourth-order valence-electron chi connectivity index (χ4n) is 1.96. The summed E-state index contributed by atoms with van der Waals surface area (Å²) in [6, 6.07) is 2.21. The molecule has 0 spiro atoms. The highest BCUT2D eigenvalue weighted by Gasteiger charge is 2.19. The predicted octanol–water partition coefficient (Wildman–Crippen LogP) is 4.09. The van der Waals surface area contributed by atoms with Crippen molar-refractivity contribution in [3.05, 3.63) is 22.4 Å². The fraction of sp³-hybridized carbons (Fsp3) is 0.643. The molecule has 1 aromatic rings. The molecule has 1 amide bonds. The topological polar surface area (TPSA) is 25.2 Å². The quantitative estimate of drug-likeness (QED) is 0.776. The van der Waals surface area contributed by atoms with Crippen LogP contribution >= 0.6 is 15.9 Å². The van der Waals surface area contributed by atoms with Crippen molar-refractivity contribution in [2.45, 2.75) is 46.6 Å². The molecule has 4 heteroatoms. The number of hydrogen-bond acceptors (Lipinski definition) is 1. The molecular weight excluding hydrogens is 292 g/mol. The van der Waals surface area contributed by atoms with Gasteiger partial charge < -0.3 is 9.47 Å². The minimum absolute atomic E-state index is 0.130. The molecule has 0 unspecified atom stereocenters. The van der Waals surface area contributed by atoms with Crippen LogP contribution in [0, 0.1) is 0 Å². The van der Waals surface area contributed by atoms with Crippen molar-refractivity contribution < 1.29 is 4.79 Å². The third kappa shape index (κ3) is 3.61. The second-order valence-electron chi connectivity index (χ2n) is 4.78. The maximum absolute atomic E-state index is 12.5. The van der Waals surface area contributed by atoms with E-state index in [1.165, 1.54) is 0 Å². The molecule has 0 saturated carbocycles. The van der Waals surface area contributed by atoms with Gasteiger partial charge in [0.05, 0.1) is 0 Å². The molecule has 0 N–H and O–H groups in total. The number of amides is 1. The smallest absolute Gasteiger partial charge is 0.270 e. The van der Waals surface area contributed by atoms with Gasteiger partial charge in [0.2, 0.25) is 0 Å². The number of hydrogen-bond donors (Lipinski definition) is 0. The molecule has 0 aromatic carbocycles. The van der Waals surface area contributed by atoms with Gasteiger partial charge in [0.15, 0.2) is 0 Å². The van der Waals surface area contributed by atoms with E-state index >= 15 is 0 Å². The van der Waals surface area contributed by atoms with Crippen molar-refractivity contribution in [2.75, 3.05) is 13.1 Å². The Morgan fingerprint density at radius 1 is 1.44 bits per heavy atom. The summed E-state index contributed by atoms with van der Waals surface area (Å²) in [7, 11) is 0. The molecular formula is C14H23BrN2O. The Balaban J connectivity index is 2.94. The molecule has 1 aromatic heterocycles. The lowest BCUT2D eigenvalue weighted by atomic mass is 10.2. The molecule has 0 fully saturated rings. The summed E-state index contributed by atoms with van der Waals surface area (Å²) in [4.78, 5) is 14.4. The Hall–Kier alpha value is -0.770. The summed E-state index contributed by atoms with van der Waals surface area (Å²) in [6.45, 7) is 9.96. The van der Waals surface area contributed by atoms with E-state index in [0.717, 1.165) is 36.1 Å². The first kappa shape index (κ1) is 15.3. The largest absolute Gasteiger partial charge is 0.340 e. The molecule has 0 atom stereocenters. The maximum Gasteiger partial charge on any atom is 0.270 e. The van der Waals surface area contributed by atoms with E-state index in [4.69, 9.17) is 0 Å². The van der Waals surface area contributed by atoms with Crippen LogP contribution in [0.5, 0.6) is 0 Å². The molecule has 1 heterocycles. The standard InChI is InChI=1S/C14H23BrN2O/c1-5-7-8-16(6-2)14(18)13-9-12(15)10-17(13)11(3)4/h9-11H,5-8H2,1-4H3. The summed E-state index contributed by atoms with van der Waals surface area (Å²) in [5.41, 5.74) is 0.773. The molecule has 0 aliphatic carbocycles. The van der Waals surface area contributed by atoms with Gasteiger partial charge in [-0.15, -0.1) is 0 Å². The van der Waals surface area contributed by atoms with Gasteiger partial charge in [-0.05, 0) is 49.2 Å². The number of carbonyl (C=O) groups excluding carboxylic acids is 1. The highest BCUT2D eigenvalue weighted by Crippen LogP contribution is 2.20. The van der Waals surface area contributed by atoms with E-state index in [2.05, 4.69) is 36.7 Å². The Morgan fingerprint density at radius 2 is 2.11 bits per heavy atom. The van der Waals surface area contributed by atoms with Gasteiger partial charge in [-0.3, -0.25) is 4.79 Å². The van der Waals surface area contributed by atoms with Crippen molar-refractivity contribution in [3.63, 3.8) is 0 Å². The number of unbranched alkanes of at least 4 members (excludes halogenated alkanes) is 1. The minimum atomic E-state index is 0.130. The molecule has 0 aliphatic heterocycles. The SMILES string of the molecule is CCCCN(CC)C(=O)c1cc(Br)cn1C(C)C. The van der Waals surface area contributed by atoms with E-state index < -0.39 is 0 Å². The summed E-state index contributed by atoms with van der Waals surface area (Å²) in [5.74, 6) is 0.130. The second-order valence-corrected chi connectivity index (χ2v) is 5.70. The van der Waals surface area contributed by atoms with E-state index in [9.17, 15) is 4.79 Å². The summed E-state index contributed by atoms with van der Waals surface area (Å²) in [5, 5.41) is 0. The third-order valence-electron chi connectivity index (χ3n) is 3.04. The third-order valence-corrected chi connectivity index (χ3v) is 3.47. The van der Waals surface area contributed by atoms with E-state index in [-0.39, 0.29) is 5.91 Å². The van der Waals surface area contributed by atoms with Gasteiger partial charge in [-0.2, -0.15) is 0 Å². The molecule has 18 heavy (non-hydrogen) atoms. The zero-order valence-corrected chi connectivity index (χ0v) is 13.3. The van der Waals surface area contributed by atoms with Crippen molar-refractivity contribution in [2.24, 2.45) is 0 Å². The highest BCUT2D eigenvalue weighted by molar-refractivity contribution is 9.10. The zero-order valence-electron chi connectivity index (χ0n) is 11.7. The van der Waals surface area contributed by atoms with E-state index in [0.29, 0.717) is 6.04 Å². The fourth-order valence-corrected chi connectivity index (χ4v) is 2.40. The second kappa shape index (κ2) is 6.98. The van der Waals surface area contributed by atoms with Crippen LogP contribution in [0.25, 0.3) is 0 Å². The van der Waals surface area contributed by atoms with Crippen LogP contribution in [0.2, 0.25) is 0 Å². The summed E-state index contributed by atoms with van der Waals surface area (Å²) < 4.78 is 2.99. The number of carbonyl (C=O) groups is 1. The summed E-state index contributed by atoms with van der Waals surface area (Å²) >= 11 is 3.45. The lowest BCUT2D eigenvalue weighted by Gasteiger charge is -2.22. The normalized spacial score (nSPS) is 11.0. The number of halogens is 1. The lowest BCUT2D eigenvalue weighted by molar-refractivity contribution is 0.0750. The Labute approximate surface area is 118 Å². The van der Waals surface area contributed by atoms with Gasteiger partial charge in [0.25, 0.3) is 5.91 Å². The molecule has 3 nitrogen and oxygen atoms in total. The Morgan fingerprint density at radius 3 is 2.61 bits per heavy atom. The van der Waals surface area contributed by atoms with Gasteiger partial charge >= 0.3 is 0 Å². The van der Waals surface area contributed by atoms with Crippen molar-refractivity contribution in [1.82, 2.24) is 9.47 Å². The van der Waals surface area contributed by atoms with Crippen molar-refractivity contribution in [3.8, 4) is 0 Å². The first-order valence-electron chi connectivity index (χ1n) is 6.67. The summed E-state index contributed by atoms with van der Waals surface area (Å²) in [6.07, 6.45) is 4.15. The van der Waals surface area contributed by atoms with Gasteiger partial charge in [0, 0.05) is 29.8 Å². The number of rotatable bonds is 6. The maximum atomic E-state index is 12.5. The van der Waals surface area contributed by atoms with Crippen LogP contribution in [-0.2, 0) is 0 Å². The van der Waals surface area contributed by atoms with Crippen LogP contribution in [0.1, 0.15) is 57.1 Å². The number of aromatic nitrogens is 1. The average Bonchev–Trinajstić information content (AvgIpc) is 2.72. The van der Waals surface area contributed by atoms with Gasteiger partial charge in [0.1, 0.15) is 5.69 Å². The molecule has 0 bridgehead atoms. The van der Waals surface area contributed by atoms with Gasteiger partial charge in [-0.1, -0.05) is 13.3 Å². The Kier molecular flexibility index (Phi) is 5.93. The predicted molar refractivity (Wildman–Crippen MR) is 79.0 cm³/mol.